The highest BCUT2D eigenvalue weighted by molar-refractivity contribution is 5.55. The summed E-state index contributed by atoms with van der Waals surface area (Å²) >= 11 is 0. The van der Waals surface area contributed by atoms with Crippen molar-refractivity contribution in [3.63, 3.8) is 0 Å². The summed E-state index contributed by atoms with van der Waals surface area (Å²) in [4.78, 5) is 2.47. The van der Waals surface area contributed by atoms with Crippen LogP contribution >= 0.6 is 0 Å². The van der Waals surface area contributed by atoms with Crippen LogP contribution in [0.4, 0.5) is 11.4 Å². The molecule has 1 N–H and O–H groups in total. The number of rotatable bonds is 3. The third-order valence-electron chi connectivity index (χ3n) is 3.16. The molecule has 1 aromatic rings. The maximum absolute atomic E-state index is 3.48. The molecule has 2 rings (SSSR count). The van der Waals surface area contributed by atoms with Crippen molar-refractivity contribution in [1.29, 1.82) is 0 Å². The van der Waals surface area contributed by atoms with Gasteiger partial charge in [0.1, 0.15) is 0 Å². The minimum Gasteiger partial charge on any atom is -0.385 e. The Morgan fingerprint density at radius 2 is 1.65 bits per heavy atom. The maximum Gasteiger partial charge on any atom is 0.0367 e. The molecular weight excluding hydrogens is 208 g/mol. The van der Waals surface area contributed by atoms with E-state index in [0.717, 1.165) is 6.54 Å². The van der Waals surface area contributed by atoms with Crippen LogP contribution in [0.5, 0.6) is 0 Å². The third-order valence-corrected chi connectivity index (χ3v) is 3.16. The molecule has 1 aliphatic rings. The number of anilines is 2. The second-order valence-corrected chi connectivity index (χ2v) is 6.16. The molecule has 1 saturated heterocycles. The Bertz CT molecular complexity index is 342. The van der Waals surface area contributed by atoms with Gasteiger partial charge in [0.2, 0.25) is 0 Å². The van der Waals surface area contributed by atoms with E-state index >= 15 is 0 Å². The third kappa shape index (κ3) is 3.65. The van der Waals surface area contributed by atoms with Crippen LogP contribution in [0.25, 0.3) is 0 Å². The average Bonchev–Trinajstić information content (AvgIpc) is 2.79. The van der Waals surface area contributed by atoms with Gasteiger partial charge in [-0.3, -0.25) is 0 Å². The van der Waals surface area contributed by atoms with E-state index in [1.807, 2.05) is 0 Å². The summed E-state index contributed by atoms with van der Waals surface area (Å²) in [7, 11) is 0. The predicted octanol–water partition coefficient (Wildman–Crippen LogP) is 3.74. The standard InChI is InChI=1S/C15H24N2/c1-15(2,3)12-16-13-6-8-14(9-7-13)17-10-4-5-11-17/h6-9,16H,4-5,10-12H2,1-3H3. The minimum absolute atomic E-state index is 0.327. The first-order valence-corrected chi connectivity index (χ1v) is 6.63. The highest BCUT2D eigenvalue weighted by atomic mass is 15.1. The number of hydrogen-bond acceptors (Lipinski definition) is 2. The van der Waals surface area contributed by atoms with Crippen molar-refractivity contribution in [3.05, 3.63) is 24.3 Å². The SMILES string of the molecule is CC(C)(C)CNc1ccc(N2CCCC2)cc1. The normalized spacial score (nSPS) is 16.3. The second kappa shape index (κ2) is 4.99. The molecule has 0 bridgehead atoms. The van der Waals surface area contributed by atoms with Gasteiger partial charge in [-0.1, -0.05) is 20.8 Å². The lowest BCUT2D eigenvalue weighted by Gasteiger charge is -2.21. The van der Waals surface area contributed by atoms with Gasteiger partial charge >= 0.3 is 0 Å². The summed E-state index contributed by atoms with van der Waals surface area (Å²) in [5.41, 5.74) is 2.92. The molecule has 2 heteroatoms. The highest BCUT2D eigenvalue weighted by Crippen LogP contribution is 2.22. The lowest BCUT2D eigenvalue weighted by atomic mass is 9.97. The number of nitrogens with one attached hydrogen (secondary N) is 1. The van der Waals surface area contributed by atoms with Crippen molar-refractivity contribution in [2.45, 2.75) is 33.6 Å². The average molecular weight is 232 g/mol. The molecule has 0 atom stereocenters. The summed E-state index contributed by atoms with van der Waals surface area (Å²) < 4.78 is 0. The molecule has 17 heavy (non-hydrogen) atoms. The highest BCUT2D eigenvalue weighted by Gasteiger charge is 2.12. The van der Waals surface area contributed by atoms with E-state index in [1.54, 1.807) is 0 Å². The Kier molecular flexibility index (Phi) is 3.60. The van der Waals surface area contributed by atoms with Crippen LogP contribution < -0.4 is 10.2 Å². The number of hydrogen-bond donors (Lipinski definition) is 1. The summed E-state index contributed by atoms with van der Waals surface area (Å²) in [5, 5.41) is 3.48. The molecule has 0 radical (unpaired) electrons. The molecule has 0 saturated carbocycles. The Morgan fingerprint density at radius 1 is 1.06 bits per heavy atom. The van der Waals surface area contributed by atoms with Crippen LogP contribution in [0.2, 0.25) is 0 Å². The molecule has 0 aliphatic carbocycles. The fourth-order valence-corrected chi connectivity index (χ4v) is 2.13. The van der Waals surface area contributed by atoms with E-state index in [-0.39, 0.29) is 0 Å². The molecule has 1 fully saturated rings. The molecule has 0 spiro atoms. The first-order chi connectivity index (χ1) is 8.04. The summed E-state index contributed by atoms with van der Waals surface area (Å²) in [6, 6.07) is 8.85. The fourth-order valence-electron chi connectivity index (χ4n) is 2.13. The molecule has 94 valence electrons. The van der Waals surface area contributed by atoms with Gasteiger partial charge in [0.05, 0.1) is 0 Å². The zero-order chi connectivity index (χ0) is 12.3. The van der Waals surface area contributed by atoms with Crippen molar-refractivity contribution in [2.24, 2.45) is 5.41 Å². The van der Waals surface area contributed by atoms with Gasteiger partial charge in [0.25, 0.3) is 0 Å². The second-order valence-electron chi connectivity index (χ2n) is 6.16. The van der Waals surface area contributed by atoms with Crippen LogP contribution in [0.3, 0.4) is 0 Å². The van der Waals surface area contributed by atoms with Crippen molar-refractivity contribution >= 4 is 11.4 Å². The zero-order valence-electron chi connectivity index (χ0n) is 11.3. The van der Waals surface area contributed by atoms with Crippen molar-refractivity contribution < 1.29 is 0 Å². The smallest absolute Gasteiger partial charge is 0.0367 e. The van der Waals surface area contributed by atoms with Gasteiger partial charge < -0.3 is 10.2 Å². The van der Waals surface area contributed by atoms with Gasteiger partial charge in [-0.15, -0.1) is 0 Å². The molecular formula is C15H24N2. The number of nitrogens with zero attached hydrogens (tertiary/aromatic N) is 1. The Labute approximate surface area is 105 Å². The predicted molar refractivity (Wildman–Crippen MR) is 75.8 cm³/mol. The summed E-state index contributed by atoms with van der Waals surface area (Å²) in [6.07, 6.45) is 2.67. The van der Waals surface area contributed by atoms with E-state index < -0.39 is 0 Å². The number of benzene rings is 1. The Morgan fingerprint density at radius 3 is 2.18 bits per heavy atom. The first kappa shape index (κ1) is 12.3. The van der Waals surface area contributed by atoms with E-state index in [0.29, 0.717) is 5.41 Å². The molecule has 1 aliphatic heterocycles. The van der Waals surface area contributed by atoms with Crippen LogP contribution in [-0.4, -0.2) is 19.6 Å². The molecule has 1 aromatic carbocycles. The summed E-state index contributed by atoms with van der Waals surface area (Å²) in [6.45, 7) is 10.2. The van der Waals surface area contributed by atoms with Crippen molar-refractivity contribution in [2.75, 3.05) is 29.9 Å². The Hall–Kier alpha value is -1.18. The lowest BCUT2D eigenvalue weighted by Crippen LogP contribution is -2.19. The summed E-state index contributed by atoms with van der Waals surface area (Å²) in [5.74, 6) is 0. The lowest BCUT2D eigenvalue weighted by molar-refractivity contribution is 0.443. The van der Waals surface area contributed by atoms with E-state index in [4.69, 9.17) is 0 Å². The molecule has 1 heterocycles. The topological polar surface area (TPSA) is 15.3 Å². The molecule has 0 unspecified atom stereocenters. The van der Waals surface area contributed by atoms with E-state index in [9.17, 15) is 0 Å². The quantitative estimate of drug-likeness (QED) is 0.854. The monoisotopic (exact) mass is 232 g/mol. The zero-order valence-corrected chi connectivity index (χ0v) is 11.3. The van der Waals surface area contributed by atoms with Crippen molar-refractivity contribution in [1.82, 2.24) is 0 Å². The molecule has 0 amide bonds. The van der Waals surface area contributed by atoms with Crippen LogP contribution in [0.1, 0.15) is 33.6 Å². The van der Waals surface area contributed by atoms with E-state index in [1.165, 1.54) is 37.3 Å². The van der Waals surface area contributed by atoms with Gasteiger partial charge in [-0.2, -0.15) is 0 Å². The Balaban J connectivity index is 1.93. The van der Waals surface area contributed by atoms with Gasteiger partial charge in [-0.05, 0) is 42.5 Å². The maximum atomic E-state index is 3.48. The van der Waals surface area contributed by atoms with Gasteiger partial charge in [0, 0.05) is 31.0 Å². The van der Waals surface area contributed by atoms with Gasteiger partial charge in [0.15, 0.2) is 0 Å². The van der Waals surface area contributed by atoms with Crippen LogP contribution in [-0.2, 0) is 0 Å². The minimum atomic E-state index is 0.327. The molecule has 0 aromatic heterocycles. The first-order valence-electron chi connectivity index (χ1n) is 6.63. The van der Waals surface area contributed by atoms with Crippen LogP contribution in [0, 0.1) is 5.41 Å². The fraction of sp³-hybridized carbons (Fsp3) is 0.600. The van der Waals surface area contributed by atoms with Gasteiger partial charge in [-0.25, -0.2) is 0 Å². The van der Waals surface area contributed by atoms with Crippen molar-refractivity contribution in [3.8, 4) is 0 Å². The van der Waals surface area contributed by atoms with Crippen LogP contribution in [0.15, 0.2) is 24.3 Å². The van der Waals surface area contributed by atoms with E-state index in [2.05, 4.69) is 55.3 Å². The largest absolute Gasteiger partial charge is 0.385 e. The molecule has 2 nitrogen and oxygen atoms in total.